The first-order valence-electron chi connectivity index (χ1n) is 10.9. The fourth-order valence-corrected chi connectivity index (χ4v) is 3.41. The summed E-state index contributed by atoms with van der Waals surface area (Å²) < 4.78 is 10.4. The van der Waals surface area contributed by atoms with Crippen LogP contribution in [0.25, 0.3) is 0 Å². The van der Waals surface area contributed by atoms with Crippen LogP contribution in [0.2, 0.25) is 0 Å². The minimum absolute atomic E-state index is 0.198. The number of ether oxygens (including phenoxy) is 2. The maximum absolute atomic E-state index is 13.2. The number of esters is 2. The van der Waals surface area contributed by atoms with Crippen molar-refractivity contribution in [3.8, 4) is 0 Å². The van der Waals surface area contributed by atoms with Crippen LogP contribution in [-0.2, 0) is 28.7 Å². The first kappa shape index (κ1) is 27.8. The molecule has 2 atom stereocenters. The Hall–Kier alpha value is -2.20. The lowest BCUT2D eigenvalue weighted by Gasteiger charge is -2.36. The minimum Gasteiger partial charge on any atom is -0.458 e. The SMILES string of the molecule is CC(C)(C)OC(=O)[C@@H](CO)NC(=O)C1(C(=O)N[C@H](CO)C(=O)OC(C)(C)C)CCCCC1. The van der Waals surface area contributed by atoms with Gasteiger partial charge in [0.1, 0.15) is 16.6 Å². The molecule has 32 heavy (non-hydrogen) atoms. The third-order valence-corrected chi connectivity index (χ3v) is 4.93. The van der Waals surface area contributed by atoms with E-state index in [-0.39, 0.29) is 12.8 Å². The average molecular weight is 459 g/mol. The maximum Gasteiger partial charge on any atom is 0.331 e. The van der Waals surface area contributed by atoms with E-state index in [0.717, 1.165) is 6.42 Å². The largest absolute Gasteiger partial charge is 0.458 e. The summed E-state index contributed by atoms with van der Waals surface area (Å²) in [4.78, 5) is 51.1. The molecule has 4 N–H and O–H groups in total. The zero-order chi connectivity index (χ0) is 24.7. The van der Waals surface area contributed by atoms with Crippen molar-refractivity contribution in [3.05, 3.63) is 0 Å². The summed E-state index contributed by atoms with van der Waals surface area (Å²) in [5.74, 6) is -3.11. The second-order valence-corrected chi connectivity index (χ2v) is 10.1. The molecular weight excluding hydrogens is 420 g/mol. The molecule has 0 aromatic carbocycles. The van der Waals surface area contributed by atoms with E-state index in [0.29, 0.717) is 12.8 Å². The van der Waals surface area contributed by atoms with Gasteiger partial charge in [-0.15, -0.1) is 0 Å². The number of aliphatic hydroxyl groups excluding tert-OH is 2. The standard InChI is InChI=1S/C22H38N2O8/c1-20(2,3)31-16(27)14(12-25)23-18(29)22(10-8-7-9-11-22)19(30)24-15(13-26)17(28)32-21(4,5)6/h14-15,25-26H,7-13H2,1-6H3,(H,23,29)(H,24,30)/t14-,15-/m1/s1. The third kappa shape index (κ3) is 8.05. The zero-order valence-corrected chi connectivity index (χ0v) is 19.9. The molecule has 1 saturated carbocycles. The summed E-state index contributed by atoms with van der Waals surface area (Å²) in [6, 6.07) is -2.68. The number of carbonyl (C=O) groups excluding carboxylic acids is 4. The summed E-state index contributed by atoms with van der Waals surface area (Å²) in [5.41, 5.74) is -3.20. The topological polar surface area (TPSA) is 151 Å². The van der Waals surface area contributed by atoms with Gasteiger partial charge in [-0.25, -0.2) is 9.59 Å². The predicted octanol–water partition coefficient (Wildman–Crippen LogP) is 0.575. The molecule has 1 fully saturated rings. The molecule has 1 aliphatic carbocycles. The van der Waals surface area contributed by atoms with Crippen LogP contribution in [0.4, 0.5) is 0 Å². The van der Waals surface area contributed by atoms with E-state index in [1.54, 1.807) is 41.5 Å². The molecule has 10 nitrogen and oxygen atoms in total. The number of amides is 2. The Morgan fingerprint density at radius 1 is 0.750 bits per heavy atom. The number of hydrogen-bond acceptors (Lipinski definition) is 8. The van der Waals surface area contributed by atoms with Crippen molar-refractivity contribution in [1.82, 2.24) is 10.6 Å². The Bertz CT molecular complexity index is 635. The molecule has 0 aromatic heterocycles. The van der Waals surface area contributed by atoms with Gasteiger partial charge in [-0.3, -0.25) is 9.59 Å². The van der Waals surface area contributed by atoms with Crippen molar-refractivity contribution in [3.63, 3.8) is 0 Å². The number of nitrogens with one attached hydrogen (secondary N) is 2. The molecule has 0 aromatic rings. The lowest BCUT2D eigenvalue weighted by Crippen LogP contribution is -2.59. The second-order valence-electron chi connectivity index (χ2n) is 10.1. The van der Waals surface area contributed by atoms with Gasteiger partial charge in [0, 0.05) is 0 Å². The highest BCUT2D eigenvalue weighted by Crippen LogP contribution is 2.37. The highest BCUT2D eigenvalue weighted by molar-refractivity contribution is 6.07. The summed E-state index contributed by atoms with van der Waals surface area (Å²) in [6.07, 6.45) is 2.40. The summed E-state index contributed by atoms with van der Waals surface area (Å²) in [6.45, 7) is 8.54. The lowest BCUT2D eigenvalue weighted by atomic mass is 9.72. The Labute approximate surface area is 189 Å². The lowest BCUT2D eigenvalue weighted by molar-refractivity contribution is -0.163. The third-order valence-electron chi connectivity index (χ3n) is 4.93. The van der Waals surface area contributed by atoms with Gasteiger partial charge in [0.2, 0.25) is 11.8 Å². The van der Waals surface area contributed by atoms with Gasteiger partial charge < -0.3 is 30.3 Å². The van der Waals surface area contributed by atoms with Gasteiger partial charge in [-0.1, -0.05) is 19.3 Å². The molecule has 184 valence electrons. The van der Waals surface area contributed by atoms with E-state index in [9.17, 15) is 29.4 Å². The molecule has 1 rings (SSSR count). The van der Waals surface area contributed by atoms with E-state index in [4.69, 9.17) is 9.47 Å². The van der Waals surface area contributed by atoms with Gasteiger partial charge in [0.15, 0.2) is 12.1 Å². The number of carbonyl (C=O) groups is 4. The van der Waals surface area contributed by atoms with Crippen LogP contribution in [-0.4, -0.2) is 70.5 Å². The van der Waals surface area contributed by atoms with Crippen LogP contribution in [0.1, 0.15) is 73.6 Å². The van der Waals surface area contributed by atoms with E-state index < -0.39 is 65.7 Å². The van der Waals surface area contributed by atoms with Crippen LogP contribution in [0.15, 0.2) is 0 Å². The highest BCUT2D eigenvalue weighted by atomic mass is 16.6. The molecule has 0 bridgehead atoms. The van der Waals surface area contributed by atoms with Crippen molar-refractivity contribution in [2.24, 2.45) is 5.41 Å². The normalized spacial score (nSPS) is 18.1. The number of rotatable bonds is 8. The molecule has 10 heteroatoms. The molecule has 2 amide bonds. The predicted molar refractivity (Wildman–Crippen MR) is 115 cm³/mol. The van der Waals surface area contributed by atoms with Crippen molar-refractivity contribution in [2.75, 3.05) is 13.2 Å². The molecule has 0 aliphatic heterocycles. The molecule has 0 unspecified atom stereocenters. The highest BCUT2D eigenvalue weighted by Gasteiger charge is 2.48. The molecule has 0 heterocycles. The van der Waals surface area contributed by atoms with Crippen molar-refractivity contribution in [2.45, 2.75) is 96.9 Å². The van der Waals surface area contributed by atoms with E-state index in [2.05, 4.69) is 10.6 Å². The first-order chi connectivity index (χ1) is 14.6. The zero-order valence-electron chi connectivity index (χ0n) is 19.9. The number of aliphatic hydroxyl groups is 2. The number of hydrogen-bond donors (Lipinski definition) is 4. The van der Waals surface area contributed by atoms with Crippen molar-refractivity contribution < 1.29 is 38.9 Å². The first-order valence-corrected chi connectivity index (χ1v) is 10.9. The Balaban J connectivity index is 3.05. The smallest absolute Gasteiger partial charge is 0.331 e. The van der Waals surface area contributed by atoms with E-state index in [1.165, 1.54) is 0 Å². The van der Waals surface area contributed by atoms with Gasteiger partial charge in [-0.2, -0.15) is 0 Å². The fourth-order valence-electron chi connectivity index (χ4n) is 3.41. The van der Waals surface area contributed by atoms with E-state index >= 15 is 0 Å². The minimum atomic E-state index is -1.55. The average Bonchev–Trinajstić information content (AvgIpc) is 2.67. The molecular formula is C22H38N2O8. The van der Waals surface area contributed by atoms with Gasteiger partial charge in [0.05, 0.1) is 13.2 Å². The quantitative estimate of drug-likeness (QED) is 0.304. The summed E-state index contributed by atoms with van der Waals surface area (Å²) in [7, 11) is 0. The van der Waals surface area contributed by atoms with Crippen LogP contribution in [0, 0.1) is 5.41 Å². The molecule has 0 radical (unpaired) electrons. The van der Waals surface area contributed by atoms with Crippen LogP contribution in [0.5, 0.6) is 0 Å². The second kappa shape index (κ2) is 11.1. The van der Waals surface area contributed by atoms with Crippen molar-refractivity contribution in [1.29, 1.82) is 0 Å². The maximum atomic E-state index is 13.2. The Morgan fingerprint density at radius 2 is 1.09 bits per heavy atom. The van der Waals surface area contributed by atoms with Gasteiger partial charge in [-0.05, 0) is 54.4 Å². The Kier molecular flexibility index (Phi) is 9.65. The summed E-state index contributed by atoms with van der Waals surface area (Å²) >= 11 is 0. The van der Waals surface area contributed by atoms with Crippen LogP contribution < -0.4 is 10.6 Å². The van der Waals surface area contributed by atoms with Gasteiger partial charge >= 0.3 is 11.9 Å². The molecule has 0 saturated heterocycles. The van der Waals surface area contributed by atoms with Crippen LogP contribution in [0.3, 0.4) is 0 Å². The van der Waals surface area contributed by atoms with Crippen LogP contribution >= 0.6 is 0 Å². The van der Waals surface area contributed by atoms with Crippen molar-refractivity contribution >= 4 is 23.8 Å². The van der Waals surface area contributed by atoms with Gasteiger partial charge in [0.25, 0.3) is 0 Å². The molecule has 1 aliphatic rings. The fraction of sp³-hybridized carbons (Fsp3) is 0.818. The Morgan fingerprint density at radius 3 is 1.38 bits per heavy atom. The van der Waals surface area contributed by atoms with E-state index in [1.807, 2.05) is 0 Å². The summed E-state index contributed by atoms with van der Waals surface area (Å²) in [5, 5.41) is 24.1. The monoisotopic (exact) mass is 458 g/mol. The molecule has 0 spiro atoms.